The first-order valence-electron chi connectivity index (χ1n) is 6.11. The Morgan fingerprint density at radius 2 is 2.06 bits per heavy atom. The van der Waals surface area contributed by atoms with Crippen molar-refractivity contribution in [2.24, 2.45) is 5.73 Å². The van der Waals surface area contributed by atoms with Crippen LogP contribution in [0.25, 0.3) is 0 Å². The molecule has 2 N–H and O–H groups in total. The van der Waals surface area contributed by atoms with Crippen LogP contribution in [0.3, 0.4) is 0 Å². The first-order valence-corrected chi connectivity index (χ1v) is 7.93. The number of likely N-dealkylation sites (N-methyl/N-ethyl adjacent to an activating group) is 1. The van der Waals surface area contributed by atoms with Crippen molar-refractivity contribution >= 4 is 9.84 Å². The number of nitrogens with zero attached hydrogens (tertiary/aromatic N) is 2. The fourth-order valence-electron chi connectivity index (χ4n) is 2.42. The Bertz CT molecular complexity index is 489. The molecule has 100 valence electrons. The molecule has 2 atom stereocenters. The van der Waals surface area contributed by atoms with E-state index in [2.05, 4.69) is 9.88 Å². The molecule has 0 aliphatic carbocycles. The lowest BCUT2D eigenvalue weighted by atomic mass is 10.1. The molecule has 0 saturated carbocycles. The van der Waals surface area contributed by atoms with Crippen molar-refractivity contribution in [3.63, 3.8) is 0 Å². The second-order valence-corrected chi connectivity index (χ2v) is 6.88. The number of sulfone groups is 1. The van der Waals surface area contributed by atoms with Crippen molar-refractivity contribution in [1.82, 2.24) is 9.88 Å². The van der Waals surface area contributed by atoms with E-state index in [0.29, 0.717) is 6.54 Å². The second-order valence-electron chi connectivity index (χ2n) is 4.73. The predicted octanol–water partition coefficient (Wildman–Crippen LogP) is 0.0278. The summed E-state index contributed by atoms with van der Waals surface area (Å²) in [4.78, 5) is 6.10. The van der Waals surface area contributed by atoms with Crippen LogP contribution in [-0.2, 0) is 16.4 Å². The van der Waals surface area contributed by atoms with Gasteiger partial charge in [-0.3, -0.25) is 9.88 Å². The highest BCUT2D eigenvalue weighted by Gasteiger charge is 2.38. The Balaban J connectivity index is 2.10. The van der Waals surface area contributed by atoms with Crippen LogP contribution in [-0.4, -0.2) is 48.4 Å². The zero-order valence-corrected chi connectivity index (χ0v) is 11.3. The van der Waals surface area contributed by atoms with Gasteiger partial charge in [0.1, 0.15) is 0 Å². The molecule has 2 heterocycles. The van der Waals surface area contributed by atoms with Crippen LogP contribution >= 0.6 is 0 Å². The molecule has 5 nitrogen and oxygen atoms in total. The minimum absolute atomic E-state index is 0.0758. The number of hydrogen-bond donors (Lipinski definition) is 1. The van der Waals surface area contributed by atoms with Gasteiger partial charge in [0, 0.05) is 31.0 Å². The molecule has 0 amide bonds. The van der Waals surface area contributed by atoms with E-state index in [1.54, 1.807) is 12.4 Å². The molecule has 1 aliphatic rings. The fourth-order valence-corrected chi connectivity index (χ4v) is 4.34. The quantitative estimate of drug-likeness (QED) is 0.834. The third-order valence-corrected chi connectivity index (χ3v) is 5.12. The maximum Gasteiger partial charge on any atom is 0.153 e. The average Bonchev–Trinajstić information content (AvgIpc) is 2.61. The summed E-state index contributed by atoms with van der Waals surface area (Å²) in [6.07, 6.45) is 3.49. The largest absolute Gasteiger partial charge is 0.325 e. The Morgan fingerprint density at radius 1 is 1.39 bits per heavy atom. The molecule has 0 radical (unpaired) electrons. The van der Waals surface area contributed by atoms with Gasteiger partial charge < -0.3 is 5.73 Å². The van der Waals surface area contributed by atoms with E-state index >= 15 is 0 Å². The van der Waals surface area contributed by atoms with Gasteiger partial charge in [-0.15, -0.1) is 0 Å². The van der Waals surface area contributed by atoms with E-state index in [1.807, 2.05) is 19.1 Å². The van der Waals surface area contributed by atoms with Crippen molar-refractivity contribution in [1.29, 1.82) is 0 Å². The molecular formula is C12H19N3O2S. The number of nitrogens with two attached hydrogens (primary N) is 1. The van der Waals surface area contributed by atoms with E-state index in [9.17, 15) is 8.42 Å². The standard InChI is InChI=1S/C12H19N3O2S/c1-2-15(7-10-3-5-14-6-4-10)12-9-18(16,17)8-11(12)13/h3-6,11-12H,2,7-9,13H2,1H3. The van der Waals surface area contributed by atoms with E-state index in [-0.39, 0.29) is 23.6 Å². The Labute approximate surface area is 108 Å². The molecule has 0 bridgehead atoms. The van der Waals surface area contributed by atoms with E-state index in [4.69, 9.17) is 5.73 Å². The van der Waals surface area contributed by atoms with Crippen LogP contribution in [0.5, 0.6) is 0 Å². The van der Waals surface area contributed by atoms with Gasteiger partial charge in [-0.05, 0) is 24.2 Å². The van der Waals surface area contributed by atoms with Crippen molar-refractivity contribution in [2.75, 3.05) is 18.1 Å². The first kappa shape index (κ1) is 13.5. The van der Waals surface area contributed by atoms with Gasteiger partial charge >= 0.3 is 0 Å². The normalized spacial score (nSPS) is 26.6. The second kappa shape index (κ2) is 5.34. The van der Waals surface area contributed by atoms with E-state index in [1.165, 1.54) is 0 Å². The maximum atomic E-state index is 11.6. The Hall–Kier alpha value is -0.980. The summed E-state index contributed by atoms with van der Waals surface area (Å²) in [5.41, 5.74) is 7.08. The molecule has 6 heteroatoms. The minimum atomic E-state index is -2.97. The molecule has 2 unspecified atom stereocenters. The van der Waals surface area contributed by atoms with Gasteiger partial charge in [-0.1, -0.05) is 6.92 Å². The lowest BCUT2D eigenvalue weighted by Crippen LogP contribution is -2.46. The zero-order valence-electron chi connectivity index (χ0n) is 10.5. The number of aromatic nitrogens is 1. The molecule has 0 aromatic carbocycles. The zero-order chi connectivity index (χ0) is 13.2. The van der Waals surface area contributed by atoms with Crippen LogP contribution in [0.2, 0.25) is 0 Å². The van der Waals surface area contributed by atoms with E-state index in [0.717, 1.165) is 12.1 Å². The average molecular weight is 269 g/mol. The molecule has 1 aliphatic heterocycles. The lowest BCUT2D eigenvalue weighted by Gasteiger charge is -2.29. The third-order valence-electron chi connectivity index (χ3n) is 3.38. The molecule has 1 aromatic heterocycles. The summed E-state index contributed by atoms with van der Waals surface area (Å²) in [6, 6.07) is 3.53. The molecule has 1 fully saturated rings. The van der Waals surface area contributed by atoms with Crippen LogP contribution in [0.15, 0.2) is 24.5 Å². The minimum Gasteiger partial charge on any atom is -0.325 e. The Kier molecular flexibility index (Phi) is 3.99. The van der Waals surface area contributed by atoms with Gasteiger partial charge in [0.25, 0.3) is 0 Å². The van der Waals surface area contributed by atoms with Gasteiger partial charge in [0.05, 0.1) is 11.5 Å². The molecule has 18 heavy (non-hydrogen) atoms. The third kappa shape index (κ3) is 3.07. The van der Waals surface area contributed by atoms with Crippen molar-refractivity contribution in [3.05, 3.63) is 30.1 Å². The van der Waals surface area contributed by atoms with Crippen molar-refractivity contribution < 1.29 is 8.42 Å². The monoisotopic (exact) mass is 269 g/mol. The molecule has 0 spiro atoms. The van der Waals surface area contributed by atoms with Gasteiger partial charge in [-0.2, -0.15) is 0 Å². The smallest absolute Gasteiger partial charge is 0.153 e. The first-order chi connectivity index (χ1) is 8.52. The summed E-state index contributed by atoms with van der Waals surface area (Å²) >= 11 is 0. The summed E-state index contributed by atoms with van der Waals surface area (Å²) in [5.74, 6) is 0.275. The highest BCUT2D eigenvalue weighted by Crippen LogP contribution is 2.19. The van der Waals surface area contributed by atoms with Crippen LogP contribution in [0, 0.1) is 0 Å². The molecular weight excluding hydrogens is 250 g/mol. The molecule has 2 rings (SSSR count). The predicted molar refractivity (Wildman–Crippen MR) is 70.7 cm³/mol. The number of hydrogen-bond acceptors (Lipinski definition) is 5. The summed E-state index contributed by atoms with van der Waals surface area (Å²) in [5, 5.41) is 0. The highest BCUT2D eigenvalue weighted by atomic mass is 32.2. The fraction of sp³-hybridized carbons (Fsp3) is 0.583. The number of rotatable bonds is 4. The SMILES string of the molecule is CCN(Cc1ccncc1)C1CS(=O)(=O)CC1N. The van der Waals surface area contributed by atoms with Crippen LogP contribution in [0.1, 0.15) is 12.5 Å². The summed E-state index contributed by atoms with van der Waals surface area (Å²) in [6.45, 7) is 3.53. The van der Waals surface area contributed by atoms with Crippen LogP contribution in [0.4, 0.5) is 0 Å². The van der Waals surface area contributed by atoms with Gasteiger partial charge in [0.15, 0.2) is 9.84 Å². The lowest BCUT2D eigenvalue weighted by molar-refractivity contribution is 0.200. The number of pyridine rings is 1. The summed E-state index contributed by atoms with van der Waals surface area (Å²) in [7, 11) is -2.97. The highest BCUT2D eigenvalue weighted by molar-refractivity contribution is 7.91. The molecule has 1 aromatic rings. The van der Waals surface area contributed by atoms with Gasteiger partial charge in [0.2, 0.25) is 0 Å². The van der Waals surface area contributed by atoms with E-state index < -0.39 is 9.84 Å². The topological polar surface area (TPSA) is 76.3 Å². The molecule has 1 saturated heterocycles. The maximum absolute atomic E-state index is 11.6. The van der Waals surface area contributed by atoms with Crippen LogP contribution < -0.4 is 5.73 Å². The summed E-state index contributed by atoms with van der Waals surface area (Å²) < 4.78 is 23.2. The van der Waals surface area contributed by atoms with Crippen molar-refractivity contribution in [2.45, 2.75) is 25.6 Å². The Morgan fingerprint density at radius 3 is 2.56 bits per heavy atom. The van der Waals surface area contributed by atoms with Crippen molar-refractivity contribution in [3.8, 4) is 0 Å². The van der Waals surface area contributed by atoms with Gasteiger partial charge in [-0.25, -0.2) is 8.42 Å².